The predicted octanol–water partition coefficient (Wildman–Crippen LogP) is 7.10. The number of halogens is 5. The van der Waals surface area contributed by atoms with Crippen LogP contribution >= 0.6 is 0 Å². The lowest BCUT2D eigenvalue weighted by atomic mass is 9.80. The van der Waals surface area contributed by atoms with Gasteiger partial charge in [0.25, 0.3) is 5.92 Å². The molecule has 1 saturated heterocycles. The minimum absolute atomic E-state index is 0.0229. The summed E-state index contributed by atoms with van der Waals surface area (Å²) in [5, 5.41) is 9.72. The van der Waals surface area contributed by atoms with E-state index in [9.17, 15) is 23.1 Å². The van der Waals surface area contributed by atoms with E-state index in [2.05, 4.69) is 4.98 Å². The molecule has 0 amide bonds. The number of carboxylic acid groups (broad SMARTS) is 1. The summed E-state index contributed by atoms with van der Waals surface area (Å²) >= 11 is 0. The van der Waals surface area contributed by atoms with E-state index in [1.165, 1.54) is 38.5 Å². The predicted molar refractivity (Wildman–Crippen MR) is 172 cm³/mol. The molecule has 0 bridgehead atoms. The second-order valence-corrected chi connectivity index (χ2v) is 12.4. The van der Waals surface area contributed by atoms with Gasteiger partial charge in [-0.15, -0.1) is 0 Å². The lowest BCUT2D eigenvalue weighted by Crippen LogP contribution is -2.35. The Morgan fingerprint density at radius 3 is 2.53 bits per heavy atom. The fraction of sp³-hybridized carbons (Fsp3) is 0.361. The standard InChI is InChI=1S/C36H32F5N3O7/c1-47-28-14-21(36(39,40)41)7-6-19(28)18-51-31-5-3-4-26(42-31)24-16-35(37,38)25(23-9-11-50-33(23)24)15-30-43-32-27(44(30)17-22-8-10-49-22)12-20(34(45)46)13-29(32)48-2/h3-7,12-14,16,22,25H,8-11,15,17-18H2,1-2H3,(H,45,46)/t22-,25?/m0/s1. The first-order valence-corrected chi connectivity index (χ1v) is 16.1. The van der Waals surface area contributed by atoms with Gasteiger partial charge in [0, 0.05) is 36.7 Å². The number of imidazole rings is 1. The van der Waals surface area contributed by atoms with E-state index in [4.69, 9.17) is 28.7 Å². The van der Waals surface area contributed by atoms with Crippen molar-refractivity contribution in [3.63, 3.8) is 0 Å². The van der Waals surface area contributed by atoms with Crippen molar-refractivity contribution in [3.05, 3.63) is 94.1 Å². The third-order valence-electron chi connectivity index (χ3n) is 9.30. The molecule has 2 aromatic heterocycles. The van der Waals surface area contributed by atoms with Gasteiger partial charge in [0.05, 0.1) is 61.7 Å². The Labute approximate surface area is 288 Å². The number of carboxylic acids is 1. The molecule has 4 aromatic rings. The number of hydrogen-bond acceptors (Lipinski definition) is 8. The van der Waals surface area contributed by atoms with Gasteiger partial charge in [-0.3, -0.25) is 0 Å². The lowest BCUT2D eigenvalue weighted by Gasteiger charge is -2.32. The average molecular weight is 714 g/mol. The Morgan fingerprint density at radius 2 is 1.84 bits per heavy atom. The second kappa shape index (κ2) is 13.2. The third kappa shape index (κ3) is 6.57. The van der Waals surface area contributed by atoms with Gasteiger partial charge in [-0.1, -0.05) is 12.1 Å². The summed E-state index contributed by atoms with van der Waals surface area (Å²) in [5.41, 5.74) is 0.896. The minimum atomic E-state index is -4.55. The molecule has 10 nitrogen and oxygen atoms in total. The summed E-state index contributed by atoms with van der Waals surface area (Å²) in [6.07, 6.45) is -3.07. The monoisotopic (exact) mass is 713 g/mol. The maximum atomic E-state index is 16.4. The smallest absolute Gasteiger partial charge is 0.416 e. The molecule has 0 saturated carbocycles. The van der Waals surface area contributed by atoms with Crippen molar-refractivity contribution in [2.24, 2.45) is 5.92 Å². The van der Waals surface area contributed by atoms with Crippen LogP contribution in [0.5, 0.6) is 17.4 Å². The van der Waals surface area contributed by atoms with Crippen molar-refractivity contribution in [3.8, 4) is 17.4 Å². The average Bonchev–Trinajstić information content (AvgIpc) is 3.70. The molecule has 7 rings (SSSR count). The highest BCUT2D eigenvalue weighted by Crippen LogP contribution is 2.49. The van der Waals surface area contributed by atoms with E-state index in [0.717, 1.165) is 24.6 Å². The van der Waals surface area contributed by atoms with Gasteiger partial charge in [-0.25, -0.2) is 23.5 Å². The number of alkyl halides is 5. The third-order valence-corrected chi connectivity index (χ3v) is 9.30. The number of hydrogen-bond donors (Lipinski definition) is 1. The summed E-state index contributed by atoms with van der Waals surface area (Å²) in [6, 6.07) is 10.5. The van der Waals surface area contributed by atoms with E-state index in [1.807, 2.05) is 0 Å². The first-order chi connectivity index (χ1) is 24.4. The topological polar surface area (TPSA) is 114 Å². The highest BCUT2D eigenvalue weighted by molar-refractivity contribution is 5.95. The van der Waals surface area contributed by atoms with Crippen molar-refractivity contribution < 1.29 is 55.5 Å². The molecular weight excluding hydrogens is 681 g/mol. The number of pyridine rings is 1. The Hall–Kier alpha value is -5.18. The summed E-state index contributed by atoms with van der Waals surface area (Å²) in [6.45, 7) is 0.863. The summed E-state index contributed by atoms with van der Waals surface area (Å²) in [7, 11) is 2.64. The first kappa shape index (κ1) is 34.3. The van der Waals surface area contributed by atoms with Gasteiger partial charge in [-0.2, -0.15) is 13.2 Å². The van der Waals surface area contributed by atoms with Crippen LogP contribution in [0, 0.1) is 5.92 Å². The summed E-state index contributed by atoms with van der Waals surface area (Å²) in [4.78, 5) is 21.0. The van der Waals surface area contributed by atoms with Crippen LogP contribution in [0.25, 0.3) is 16.6 Å². The van der Waals surface area contributed by atoms with Gasteiger partial charge in [0.2, 0.25) is 5.88 Å². The molecule has 2 atom stereocenters. The number of methoxy groups -OCH3 is 2. The van der Waals surface area contributed by atoms with Gasteiger partial charge >= 0.3 is 12.1 Å². The largest absolute Gasteiger partial charge is 0.496 e. The van der Waals surface area contributed by atoms with Gasteiger partial charge in [0.1, 0.15) is 35.2 Å². The van der Waals surface area contributed by atoms with Crippen LogP contribution in [-0.2, 0) is 35.2 Å². The molecular formula is C36H32F5N3O7. The number of rotatable bonds is 11. The van der Waals surface area contributed by atoms with Crippen LogP contribution in [0.15, 0.2) is 65.9 Å². The van der Waals surface area contributed by atoms with Crippen LogP contribution in [0.3, 0.4) is 0 Å². The number of allylic oxidation sites excluding steroid dienone is 2. The van der Waals surface area contributed by atoms with Crippen LogP contribution < -0.4 is 14.2 Å². The Morgan fingerprint density at radius 1 is 1.06 bits per heavy atom. The number of carbonyl (C=O) groups is 1. The highest BCUT2D eigenvalue weighted by atomic mass is 19.4. The quantitative estimate of drug-likeness (QED) is 0.163. The molecule has 2 aliphatic heterocycles. The fourth-order valence-corrected chi connectivity index (χ4v) is 6.62. The summed E-state index contributed by atoms with van der Waals surface area (Å²) in [5.74, 6) is -5.00. The molecule has 51 heavy (non-hydrogen) atoms. The normalized spacial score (nSPS) is 19.6. The maximum absolute atomic E-state index is 16.4. The van der Waals surface area contributed by atoms with Crippen LogP contribution in [0.4, 0.5) is 22.0 Å². The van der Waals surface area contributed by atoms with E-state index < -0.39 is 29.5 Å². The molecule has 1 aliphatic carbocycles. The molecule has 1 N–H and O–H groups in total. The number of benzene rings is 2. The molecule has 268 valence electrons. The zero-order valence-electron chi connectivity index (χ0n) is 27.4. The number of aromatic nitrogens is 3. The molecule has 0 spiro atoms. The maximum Gasteiger partial charge on any atom is 0.416 e. The van der Waals surface area contributed by atoms with Crippen molar-refractivity contribution in [2.45, 2.75) is 50.6 Å². The van der Waals surface area contributed by atoms with Crippen LogP contribution in [-0.4, -0.2) is 65.1 Å². The molecule has 1 unspecified atom stereocenters. The molecule has 2 aromatic carbocycles. The highest BCUT2D eigenvalue weighted by Gasteiger charge is 2.48. The Balaban J connectivity index is 1.19. The molecule has 15 heteroatoms. The van der Waals surface area contributed by atoms with Crippen molar-refractivity contribution in [1.29, 1.82) is 0 Å². The Bertz CT molecular complexity index is 2070. The van der Waals surface area contributed by atoms with Crippen molar-refractivity contribution in [1.82, 2.24) is 14.5 Å². The number of aromatic carboxylic acids is 1. The SMILES string of the molecule is COc1cc(C(F)(F)F)ccc1COc1cccc(C2=CC(F)(F)C(Cc3nc4c(OC)cc(C(=O)O)cc4n3C[C@@H]3CCO3)C3=C2OCC3)n1. The fourth-order valence-electron chi connectivity index (χ4n) is 6.62. The first-order valence-electron chi connectivity index (χ1n) is 16.1. The molecule has 3 aliphatic rings. The van der Waals surface area contributed by atoms with Crippen molar-refractivity contribution in [2.75, 3.05) is 27.4 Å². The van der Waals surface area contributed by atoms with Gasteiger partial charge < -0.3 is 33.4 Å². The van der Waals surface area contributed by atoms with E-state index in [-0.39, 0.29) is 72.1 Å². The zero-order valence-corrected chi connectivity index (χ0v) is 27.4. The van der Waals surface area contributed by atoms with Gasteiger partial charge in [-0.05, 0) is 48.4 Å². The van der Waals surface area contributed by atoms with Crippen molar-refractivity contribution >= 4 is 22.6 Å². The minimum Gasteiger partial charge on any atom is -0.496 e. The Kier molecular flexibility index (Phi) is 8.86. The summed E-state index contributed by atoms with van der Waals surface area (Å²) < 4.78 is 102. The van der Waals surface area contributed by atoms with Crippen LogP contribution in [0.1, 0.15) is 45.8 Å². The van der Waals surface area contributed by atoms with E-state index in [0.29, 0.717) is 41.1 Å². The number of nitrogens with zero attached hydrogens (tertiary/aromatic N) is 3. The molecule has 0 radical (unpaired) electrons. The molecule has 4 heterocycles. The lowest BCUT2D eigenvalue weighted by molar-refractivity contribution is -0.137. The molecule has 1 fully saturated rings. The van der Waals surface area contributed by atoms with E-state index in [1.54, 1.807) is 16.7 Å². The number of ether oxygens (including phenoxy) is 5. The van der Waals surface area contributed by atoms with Gasteiger partial charge in [0.15, 0.2) is 0 Å². The number of fused-ring (bicyclic) bond motifs is 1. The zero-order chi connectivity index (χ0) is 36.1. The van der Waals surface area contributed by atoms with Crippen LogP contribution in [0.2, 0.25) is 0 Å². The second-order valence-electron chi connectivity index (χ2n) is 12.4. The van der Waals surface area contributed by atoms with E-state index >= 15 is 8.78 Å².